The molecule has 6 nitrogen and oxygen atoms in total. The number of hydrogen-bond acceptors (Lipinski definition) is 5. The van der Waals surface area contributed by atoms with Crippen molar-refractivity contribution in [1.82, 2.24) is 4.40 Å². The molecule has 0 unspecified atom stereocenters. The normalized spacial score (nSPS) is 11.2. The van der Waals surface area contributed by atoms with E-state index in [0.717, 1.165) is 20.7 Å². The number of fused-ring (bicyclic) bond motifs is 1. The number of hydrogen-bond donors (Lipinski definition) is 0. The van der Waals surface area contributed by atoms with Gasteiger partial charge in [0, 0.05) is 11.8 Å². The molecule has 0 fully saturated rings. The van der Waals surface area contributed by atoms with Gasteiger partial charge in [-0.3, -0.25) is 4.79 Å². The molecule has 0 aliphatic rings. The Bertz CT molecular complexity index is 1870. The molecule has 2 heterocycles. The van der Waals surface area contributed by atoms with Crippen molar-refractivity contribution in [2.24, 2.45) is 0 Å². The van der Waals surface area contributed by atoms with Gasteiger partial charge in [0.2, 0.25) is 5.78 Å². The molecule has 4 aromatic carbocycles. The molecule has 216 valence electrons. The maximum Gasteiger partial charge on any atom is 0.341 e. The van der Waals surface area contributed by atoms with Crippen molar-refractivity contribution in [3.63, 3.8) is 0 Å². The summed E-state index contributed by atoms with van der Waals surface area (Å²) in [5.74, 6) is -1.95. The van der Waals surface area contributed by atoms with Gasteiger partial charge >= 0.3 is 11.9 Å². The Morgan fingerprint density at radius 3 is 1.43 bits per heavy atom. The van der Waals surface area contributed by atoms with Gasteiger partial charge in [0.15, 0.2) is 8.07 Å². The summed E-state index contributed by atoms with van der Waals surface area (Å²) in [5.41, 5.74) is 0.651. The number of esters is 2. The minimum absolute atomic E-state index is 0.0161. The fourth-order valence-corrected chi connectivity index (χ4v) is 10.9. The summed E-state index contributed by atoms with van der Waals surface area (Å²) in [4.78, 5) is 40.8. The van der Waals surface area contributed by atoms with Gasteiger partial charge < -0.3 is 13.9 Å². The molecule has 7 heteroatoms. The van der Waals surface area contributed by atoms with Gasteiger partial charge in [0.05, 0.1) is 19.7 Å². The molecular weight excluding hydrogens is 566 g/mol. The Morgan fingerprint density at radius 1 is 0.545 bits per heavy atom. The summed E-state index contributed by atoms with van der Waals surface area (Å²) in [5, 5.41) is 4.39. The monoisotopic (exact) mass is 595 g/mol. The molecule has 0 atom stereocenters. The summed E-state index contributed by atoms with van der Waals surface area (Å²) in [6.45, 7) is 0. The van der Waals surface area contributed by atoms with E-state index in [0.29, 0.717) is 11.1 Å². The molecule has 0 saturated heterocycles. The van der Waals surface area contributed by atoms with Crippen LogP contribution in [0.1, 0.15) is 36.8 Å². The van der Waals surface area contributed by atoms with Crippen molar-refractivity contribution < 1.29 is 23.9 Å². The molecule has 0 N–H and O–H groups in total. The SMILES string of the molecule is COC(=O)c1c(C(=O)OC)c2cc([Si](c3ccccc3)(c3ccccc3)c3ccccc3)ccn2c1C(=O)c1ccccc1. The quantitative estimate of drug-likeness (QED) is 0.115. The zero-order chi connectivity index (χ0) is 30.7. The summed E-state index contributed by atoms with van der Waals surface area (Å²) < 4.78 is 11.9. The standard InChI is InChI=1S/C37H29NO5Si/c1-42-36(40)32-31-25-30(23-24-38(31)34(33(32)37(41)43-2)35(39)26-15-7-3-8-16-26)44(27-17-9-4-10-18-27,28-19-11-5-12-20-28)29-21-13-6-14-22-29/h3-25H,1-2H3. The van der Waals surface area contributed by atoms with Crippen LogP contribution in [-0.4, -0.2) is 44.4 Å². The molecule has 0 aliphatic heterocycles. The molecule has 44 heavy (non-hydrogen) atoms. The van der Waals surface area contributed by atoms with E-state index >= 15 is 0 Å². The highest BCUT2D eigenvalue weighted by atomic mass is 28.3. The van der Waals surface area contributed by atoms with Gasteiger partial charge in [-0.05, 0) is 32.9 Å². The lowest BCUT2D eigenvalue weighted by atomic mass is 10.0. The second-order valence-electron chi connectivity index (χ2n) is 10.3. The third kappa shape index (κ3) is 4.64. The highest BCUT2D eigenvalue weighted by molar-refractivity contribution is 7.19. The van der Waals surface area contributed by atoms with Crippen LogP contribution in [0.15, 0.2) is 140 Å². The Kier molecular flexibility index (Phi) is 7.79. The van der Waals surface area contributed by atoms with E-state index in [4.69, 9.17) is 9.47 Å². The average molecular weight is 596 g/mol. The van der Waals surface area contributed by atoms with Gasteiger partial charge in [-0.15, -0.1) is 0 Å². The van der Waals surface area contributed by atoms with Crippen LogP contribution >= 0.6 is 0 Å². The van der Waals surface area contributed by atoms with Crippen LogP contribution in [0.3, 0.4) is 0 Å². The zero-order valence-corrected chi connectivity index (χ0v) is 25.3. The van der Waals surface area contributed by atoms with E-state index in [9.17, 15) is 14.4 Å². The molecule has 0 bridgehead atoms. The number of ether oxygens (including phenoxy) is 2. The van der Waals surface area contributed by atoms with Crippen LogP contribution in [0, 0.1) is 0 Å². The summed E-state index contributed by atoms with van der Waals surface area (Å²) in [7, 11) is -0.502. The van der Waals surface area contributed by atoms with Crippen molar-refractivity contribution in [2.75, 3.05) is 14.2 Å². The average Bonchev–Trinajstić information content (AvgIpc) is 3.44. The van der Waals surface area contributed by atoms with E-state index in [1.54, 1.807) is 40.9 Å². The lowest BCUT2D eigenvalue weighted by Crippen LogP contribution is -2.74. The van der Waals surface area contributed by atoms with Crippen LogP contribution in [-0.2, 0) is 9.47 Å². The summed E-state index contributed by atoms with van der Waals surface area (Å²) in [6, 6.07) is 43.6. The Hall–Kier alpha value is -5.53. The van der Waals surface area contributed by atoms with E-state index in [1.807, 2.05) is 66.7 Å². The number of nitrogens with zero attached hydrogens (tertiary/aromatic N) is 1. The topological polar surface area (TPSA) is 74.1 Å². The number of rotatable bonds is 8. The second-order valence-corrected chi connectivity index (χ2v) is 14.1. The molecule has 0 amide bonds. The van der Waals surface area contributed by atoms with Crippen LogP contribution < -0.4 is 20.7 Å². The number of carbonyl (C=O) groups excluding carboxylic acids is 3. The molecule has 0 spiro atoms. The number of aromatic nitrogens is 1. The van der Waals surface area contributed by atoms with Gasteiger partial charge in [-0.1, -0.05) is 121 Å². The van der Waals surface area contributed by atoms with E-state index < -0.39 is 25.8 Å². The van der Waals surface area contributed by atoms with Gasteiger partial charge in [-0.25, -0.2) is 9.59 Å². The highest BCUT2D eigenvalue weighted by Crippen LogP contribution is 2.28. The minimum atomic E-state index is -2.99. The van der Waals surface area contributed by atoms with Crippen molar-refractivity contribution in [3.8, 4) is 0 Å². The first-order valence-electron chi connectivity index (χ1n) is 14.1. The molecule has 0 radical (unpaired) electrons. The first kappa shape index (κ1) is 28.6. The Balaban J connectivity index is 1.76. The largest absolute Gasteiger partial charge is 0.465 e. The Morgan fingerprint density at radius 2 is 0.977 bits per heavy atom. The maximum absolute atomic E-state index is 14.0. The van der Waals surface area contributed by atoms with Crippen LogP contribution in [0.5, 0.6) is 0 Å². The van der Waals surface area contributed by atoms with Crippen molar-refractivity contribution >= 4 is 52.1 Å². The Labute approximate surface area is 256 Å². The summed E-state index contributed by atoms with van der Waals surface area (Å²) >= 11 is 0. The van der Waals surface area contributed by atoms with E-state index in [2.05, 4.69) is 36.4 Å². The van der Waals surface area contributed by atoms with Crippen LogP contribution in [0.25, 0.3) is 5.52 Å². The fraction of sp³-hybridized carbons (Fsp3) is 0.0541. The fourth-order valence-electron chi connectivity index (χ4n) is 6.11. The van der Waals surface area contributed by atoms with Gasteiger partial charge in [0.25, 0.3) is 0 Å². The smallest absolute Gasteiger partial charge is 0.341 e. The van der Waals surface area contributed by atoms with Gasteiger partial charge in [0.1, 0.15) is 16.8 Å². The maximum atomic E-state index is 14.0. The molecular formula is C37H29NO5Si. The number of pyridine rings is 1. The molecule has 0 aliphatic carbocycles. The molecule has 0 saturated carbocycles. The summed E-state index contributed by atoms with van der Waals surface area (Å²) in [6.07, 6.45) is 1.77. The minimum Gasteiger partial charge on any atom is -0.465 e. The van der Waals surface area contributed by atoms with Crippen LogP contribution in [0.4, 0.5) is 0 Å². The van der Waals surface area contributed by atoms with Crippen molar-refractivity contribution in [3.05, 3.63) is 162 Å². The first-order chi connectivity index (χ1) is 21.5. The molecule has 6 aromatic rings. The predicted octanol–water partition coefficient (Wildman–Crippen LogP) is 4.12. The van der Waals surface area contributed by atoms with Crippen molar-refractivity contribution in [1.29, 1.82) is 0 Å². The number of benzene rings is 4. The third-order valence-corrected chi connectivity index (χ3v) is 12.8. The lowest BCUT2D eigenvalue weighted by Gasteiger charge is -2.34. The molecule has 6 rings (SSSR count). The molecule has 2 aromatic heterocycles. The van der Waals surface area contributed by atoms with Gasteiger partial charge in [-0.2, -0.15) is 0 Å². The number of methoxy groups -OCH3 is 2. The highest BCUT2D eigenvalue weighted by Gasteiger charge is 2.42. The number of ketones is 1. The van der Waals surface area contributed by atoms with E-state index in [-0.39, 0.29) is 16.8 Å². The number of carbonyl (C=O) groups is 3. The lowest BCUT2D eigenvalue weighted by molar-refractivity contribution is 0.0556. The first-order valence-corrected chi connectivity index (χ1v) is 16.1. The van der Waals surface area contributed by atoms with Crippen molar-refractivity contribution in [2.45, 2.75) is 0 Å². The van der Waals surface area contributed by atoms with E-state index in [1.165, 1.54) is 14.2 Å². The van der Waals surface area contributed by atoms with Crippen LogP contribution in [0.2, 0.25) is 0 Å². The zero-order valence-electron chi connectivity index (χ0n) is 24.3. The predicted molar refractivity (Wildman–Crippen MR) is 174 cm³/mol. The third-order valence-electron chi connectivity index (χ3n) is 8.02. The second kappa shape index (κ2) is 12.0.